The molecule has 1 atom stereocenters. The molecule has 1 aromatic rings. The van der Waals surface area contributed by atoms with E-state index in [1.165, 1.54) is 0 Å². The van der Waals surface area contributed by atoms with Crippen molar-refractivity contribution in [3.63, 3.8) is 0 Å². The molecule has 0 aliphatic carbocycles. The first-order valence-electron chi connectivity index (χ1n) is 6.53. The van der Waals surface area contributed by atoms with Crippen molar-refractivity contribution in [2.75, 3.05) is 17.2 Å². The van der Waals surface area contributed by atoms with Gasteiger partial charge in [0.15, 0.2) is 0 Å². The van der Waals surface area contributed by atoms with E-state index in [9.17, 15) is 9.59 Å². The summed E-state index contributed by atoms with van der Waals surface area (Å²) in [5, 5.41) is 14.4. The van der Waals surface area contributed by atoms with Gasteiger partial charge in [-0.1, -0.05) is 0 Å². The van der Waals surface area contributed by atoms with Crippen LogP contribution in [-0.2, 0) is 9.53 Å². The summed E-state index contributed by atoms with van der Waals surface area (Å²) in [6.45, 7) is 3.99. The van der Waals surface area contributed by atoms with Crippen molar-refractivity contribution < 1.29 is 19.4 Å². The highest BCUT2D eigenvalue weighted by Gasteiger charge is 2.06. The molecule has 0 fully saturated rings. The quantitative estimate of drug-likeness (QED) is 0.714. The van der Waals surface area contributed by atoms with Crippen LogP contribution in [0.1, 0.15) is 26.7 Å². The molecule has 0 bridgehead atoms. The highest BCUT2D eigenvalue weighted by molar-refractivity contribution is 5.84. The predicted molar refractivity (Wildman–Crippen MR) is 77.0 cm³/mol. The molecular weight excluding hydrogens is 260 g/mol. The lowest BCUT2D eigenvalue weighted by Crippen LogP contribution is -2.16. The lowest BCUT2D eigenvalue weighted by molar-refractivity contribution is -0.137. The van der Waals surface area contributed by atoms with Crippen molar-refractivity contribution >= 4 is 23.4 Å². The minimum Gasteiger partial charge on any atom is -0.481 e. The molecule has 1 amide bonds. The molecular formula is C14H20N2O4. The number of carboxylic acids is 1. The third kappa shape index (κ3) is 6.08. The van der Waals surface area contributed by atoms with E-state index in [1.54, 1.807) is 19.1 Å². The van der Waals surface area contributed by atoms with Gasteiger partial charge in [0, 0.05) is 23.8 Å². The number of benzene rings is 1. The Morgan fingerprint density at radius 2 is 1.85 bits per heavy atom. The molecule has 0 aliphatic heterocycles. The summed E-state index contributed by atoms with van der Waals surface area (Å²) in [6.07, 6.45) is 0.206. The molecule has 6 heteroatoms. The molecule has 0 aromatic heterocycles. The topological polar surface area (TPSA) is 87.7 Å². The van der Waals surface area contributed by atoms with E-state index in [2.05, 4.69) is 10.6 Å². The number of nitrogens with one attached hydrogen (secondary N) is 2. The van der Waals surface area contributed by atoms with Crippen LogP contribution in [0.15, 0.2) is 24.3 Å². The molecule has 0 radical (unpaired) electrons. The number of hydrogen-bond donors (Lipinski definition) is 3. The van der Waals surface area contributed by atoms with Crippen LogP contribution < -0.4 is 10.6 Å². The number of amides is 1. The van der Waals surface area contributed by atoms with Gasteiger partial charge in [-0.05, 0) is 44.5 Å². The maximum Gasteiger partial charge on any atom is 0.411 e. The van der Waals surface area contributed by atoms with Crippen LogP contribution >= 0.6 is 0 Å². The van der Waals surface area contributed by atoms with Crippen LogP contribution in [0.4, 0.5) is 16.2 Å². The van der Waals surface area contributed by atoms with Crippen molar-refractivity contribution in [1.82, 2.24) is 0 Å². The molecule has 1 aromatic carbocycles. The zero-order valence-electron chi connectivity index (χ0n) is 11.7. The molecule has 0 heterocycles. The van der Waals surface area contributed by atoms with Gasteiger partial charge in [0.05, 0.1) is 6.61 Å². The maximum absolute atomic E-state index is 11.2. The van der Waals surface area contributed by atoms with Crippen LogP contribution in [0.25, 0.3) is 0 Å². The number of aliphatic carboxylic acids is 1. The Kier molecular flexibility index (Phi) is 6.36. The van der Waals surface area contributed by atoms with Crippen LogP contribution in [0, 0.1) is 0 Å². The lowest BCUT2D eigenvalue weighted by Gasteiger charge is -2.14. The Hall–Kier alpha value is -2.24. The van der Waals surface area contributed by atoms with Gasteiger partial charge in [-0.3, -0.25) is 10.1 Å². The summed E-state index contributed by atoms with van der Waals surface area (Å²) < 4.78 is 4.77. The summed E-state index contributed by atoms with van der Waals surface area (Å²) in [6, 6.07) is 7.21. The van der Waals surface area contributed by atoms with Crippen LogP contribution in [0.5, 0.6) is 0 Å². The number of rotatable bonds is 7. The second-order valence-electron chi connectivity index (χ2n) is 4.40. The van der Waals surface area contributed by atoms with E-state index >= 15 is 0 Å². The van der Waals surface area contributed by atoms with Gasteiger partial charge >= 0.3 is 12.1 Å². The highest BCUT2D eigenvalue weighted by Crippen LogP contribution is 2.15. The van der Waals surface area contributed by atoms with Gasteiger partial charge in [0.25, 0.3) is 0 Å². The van der Waals surface area contributed by atoms with E-state index in [0.717, 1.165) is 5.69 Å². The van der Waals surface area contributed by atoms with E-state index in [0.29, 0.717) is 18.7 Å². The van der Waals surface area contributed by atoms with E-state index < -0.39 is 12.1 Å². The summed E-state index contributed by atoms with van der Waals surface area (Å²) >= 11 is 0. The van der Waals surface area contributed by atoms with Crippen molar-refractivity contribution in [2.24, 2.45) is 0 Å². The Morgan fingerprint density at radius 1 is 1.25 bits per heavy atom. The van der Waals surface area contributed by atoms with Crippen molar-refractivity contribution in [2.45, 2.75) is 32.7 Å². The van der Waals surface area contributed by atoms with E-state index in [4.69, 9.17) is 9.84 Å². The van der Waals surface area contributed by atoms with Gasteiger partial charge in [-0.15, -0.1) is 0 Å². The van der Waals surface area contributed by atoms with Gasteiger partial charge < -0.3 is 15.2 Å². The van der Waals surface area contributed by atoms with E-state index in [1.807, 2.05) is 19.1 Å². The standard InChI is InChI=1S/C14H20N2O4/c1-3-20-14(19)16-12-7-5-11(6-8-12)15-10(2)4-9-13(17)18/h5-8,10,15H,3-4,9H2,1-2H3,(H,16,19)(H,17,18). The first-order valence-corrected chi connectivity index (χ1v) is 6.53. The average molecular weight is 280 g/mol. The van der Waals surface area contributed by atoms with E-state index in [-0.39, 0.29) is 12.5 Å². The molecule has 0 aliphatic rings. The second-order valence-corrected chi connectivity index (χ2v) is 4.40. The predicted octanol–water partition coefficient (Wildman–Crippen LogP) is 2.92. The Morgan fingerprint density at radius 3 is 2.40 bits per heavy atom. The maximum atomic E-state index is 11.2. The largest absolute Gasteiger partial charge is 0.481 e. The summed E-state index contributed by atoms with van der Waals surface area (Å²) in [5.74, 6) is -0.798. The molecule has 6 nitrogen and oxygen atoms in total. The van der Waals surface area contributed by atoms with Gasteiger partial charge in [-0.2, -0.15) is 0 Å². The van der Waals surface area contributed by atoms with Crippen LogP contribution in [0.3, 0.4) is 0 Å². The van der Waals surface area contributed by atoms with Gasteiger partial charge in [0.2, 0.25) is 0 Å². The minimum absolute atomic E-state index is 0.0648. The number of carbonyl (C=O) groups excluding carboxylic acids is 1. The fourth-order valence-electron chi connectivity index (χ4n) is 1.63. The number of anilines is 2. The third-order valence-corrected chi connectivity index (χ3v) is 2.61. The summed E-state index contributed by atoms with van der Waals surface area (Å²) in [4.78, 5) is 21.7. The van der Waals surface area contributed by atoms with Gasteiger partial charge in [-0.25, -0.2) is 4.79 Å². The monoisotopic (exact) mass is 280 g/mol. The molecule has 0 saturated carbocycles. The normalized spacial score (nSPS) is 11.5. The Labute approximate surface area is 118 Å². The SMILES string of the molecule is CCOC(=O)Nc1ccc(NC(C)CCC(=O)O)cc1. The highest BCUT2D eigenvalue weighted by atomic mass is 16.5. The Bertz CT molecular complexity index is 445. The lowest BCUT2D eigenvalue weighted by atomic mass is 10.1. The summed E-state index contributed by atoms with van der Waals surface area (Å²) in [7, 11) is 0. The molecule has 1 rings (SSSR count). The first-order chi connectivity index (χ1) is 9.51. The fourth-order valence-corrected chi connectivity index (χ4v) is 1.63. The zero-order chi connectivity index (χ0) is 15.0. The third-order valence-electron chi connectivity index (χ3n) is 2.61. The molecule has 3 N–H and O–H groups in total. The number of carboxylic acid groups (broad SMARTS) is 1. The smallest absolute Gasteiger partial charge is 0.411 e. The van der Waals surface area contributed by atoms with Crippen molar-refractivity contribution in [3.05, 3.63) is 24.3 Å². The molecule has 110 valence electrons. The minimum atomic E-state index is -0.798. The van der Waals surface area contributed by atoms with Crippen LogP contribution in [0.2, 0.25) is 0 Å². The number of ether oxygens (including phenoxy) is 1. The number of hydrogen-bond acceptors (Lipinski definition) is 4. The van der Waals surface area contributed by atoms with Gasteiger partial charge in [0.1, 0.15) is 0 Å². The summed E-state index contributed by atoms with van der Waals surface area (Å²) in [5.41, 5.74) is 1.52. The average Bonchev–Trinajstić information content (AvgIpc) is 2.39. The molecule has 1 unspecified atom stereocenters. The molecule has 0 saturated heterocycles. The fraction of sp³-hybridized carbons (Fsp3) is 0.429. The Balaban J connectivity index is 2.45. The molecule has 20 heavy (non-hydrogen) atoms. The number of carbonyl (C=O) groups is 2. The first kappa shape index (κ1) is 15.8. The van der Waals surface area contributed by atoms with Crippen molar-refractivity contribution in [1.29, 1.82) is 0 Å². The molecule has 0 spiro atoms. The second kappa shape index (κ2) is 8.04. The zero-order valence-corrected chi connectivity index (χ0v) is 11.7. The van der Waals surface area contributed by atoms with Crippen LogP contribution in [-0.4, -0.2) is 29.8 Å². The van der Waals surface area contributed by atoms with Crippen molar-refractivity contribution in [3.8, 4) is 0 Å².